The van der Waals surface area contributed by atoms with Crippen LogP contribution in [0.2, 0.25) is 5.02 Å². The molecule has 148 valence electrons. The minimum atomic E-state index is -3.78. The van der Waals surface area contributed by atoms with Crippen molar-refractivity contribution in [3.05, 3.63) is 83.7 Å². The number of amides is 1. The predicted octanol–water partition coefficient (Wildman–Crippen LogP) is 4.23. The highest BCUT2D eigenvalue weighted by molar-refractivity contribution is 7.91. The van der Waals surface area contributed by atoms with Gasteiger partial charge in [-0.1, -0.05) is 17.7 Å². The fraction of sp³-hybridized carbons (Fsp3) is 0.0476. The molecule has 3 aromatic rings. The second kappa shape index (κ2) is 8.89. The van der Waals surface area contributed by atoms with Gasteiger partial charge in [0.2, 0.25) is 15.7 Å². The van der Waals surface area contributed by atoms with E-state index in [4.69, 9.17) is 16.3 Å². The van der Waals surface area contributed by atoms with E-state index in [0.717, 1.165) is 5.56 Å². The molecule has 0 fully saturated rings. The molecule has 0 radical (unpaired) electrons. The number of carbonyl (C=O) groups excluding carboxylic acids is 1. The summed E-state index contributed by atoms with van der Waals surface area (Å²) in [4.78, 5) is 16.1. The number of anilines is 1. The summed E-state index contributed by atoms with van der Waals surface area (Å²) in [5.41, 5.74) is 1.26. The molecule has 6 nitrogen and oxygen atoms in total. The van der Waals surface area contributed by atoms with Crippen molar-refractivity contribution in [2.75, 3.05) is 12.4 Å². The number of sulfone groups is 1. The van der Waals surface area contributed by atoms with Crippen LogP contribution in [0.4, 0.5) is 5.69 Å². The molecule has 0 spiro atoms. The van der Waals surface area contributed by atoms with E-state index in [1.165, 1.54) is 55.7 Å². The molecule has 0 aliphatic rings. The molecule has 8 heteroatoms. The van der Waals surface area contributed by atoms with Crippen molar-refractivity contribution in [3.63, 3.8) is 0 Å². The Morgan fingerprint density at radius 2 is 1.86 bits per heavy atom. The molecular weight excluding hydrogens is 412 g/mol. The van der Waals surface area contributed by atoms with Gasteiger partial charge in [-0.05, 0) is 60.2 Å². The van der Waals surface area contributed by atoms with Crippen molar-refractivity contribution in [1.82, 2.24) is 4.98 Å². The number of hydrogen-bond donors (Lipinski definition) is 1. The number of nitrogens with one attached hydrogen (secondary N) is 1. The largest absolute Gasteiger partial charge is 0.497 e. The van der Waals surface area contributed by atoms with Crippen LogP contribution in [-0.2, 0) is 14.6 Å². The lowest BCUT2D eigenvalue weighted by Gasteiger charge is -2.09. The minimum absolute atomic E-state index is 0.0260. The fourth-order valence-electron chi connectivity index (χ4n) is 2.49. The van der Waals surface area contributed by atoms with Gasteiger partial charge in [0.15, 0.2) is 0 Å². The predicted molar refractivity (Wildman–Crippen MR) is 112 cm³/mol. The maximum absolute atomic E-state index is 12.8. The number of carbonyl (C=O) groups is 1. The number of hydrogen-bond acceptors (Lipinski definition) is 5. The van der Waals surface area contributed by atoms with Crippen molar-refractivity contribution in [1.29, 1.82) is 0 Å². The lowest BCUT2D eigenvalue weighted by atomic mass is 10.2. The Bertz CT molecular complexity index is 1150. The smallest absolute Gasteiger partial charge is 0.248 e. The summed E-state index contributed by atoms with van der Waals surface area (Å²) in [7, 11) is -2.35. The number of methoxy groups -OCH3 is 1. The lowest BCUT2D eigenvalue weighted by Crippen LogP contribution is -2.08. The van der Waals surface area contributed by atoms with Gasteiger partial charge in [0, 0.05) is 29.2 Å². The second-order valence-electron chi connectivity index (χ2n) is 5.96. The van der Waals surface area contributed by atoms with Crippen LogP contribution in [0.5, 0.6) is 5.75 Å². The molecule has 0 saturated carbocycles. The molecule has 0 unspecified atom stereocenters. The minimum Gasteiger partial charge on any atom is -0.497 e. The highest BCUT2D eigenvalue weighted by Gasteiger charge is 2.19. The molecule has 0 aliphatic heterocycles. The highest BCUT2D eigenvalue weighted by atomic mass is 35.5. The van der Waals surface area contributed by atoms with Gasteiger partial charge in [0.25, 0.3) is 0 Å². The molecule has 0 saturated heterocycles. The van der Waals surface area contributed by atoms with Gasteiger partial charge in [-0.3, -0.25) is 9.78 Å². The number of halogens is 1. The standard InChI is InChI=1S/C21H17ClN2O4S/c1-28-18-11-16(22)12-20(13-18)29(26,27)19-7-5-17(6-8-19)24-21(25)9-4-15-3-2-10-23-14-15/h2-14H,1H3,(H,24,25)/b9-4+. The van der Waals surface area contributed by atoms with Crippen LogP contribution < -0.4 is 10.1 Å². The first-order valence-electron chi connectivity index (χ1n) is 8.47. The van der Waals surface area contributed by atoms with E-state index >= 15 is 0 Å². The average molecular weight is 429 g/mol. The Balaban J connectivity index is 1.75. The van der Waals surface area contributed by atoms with Gasteiger partial charge in [-0.25, -0.2) is 8.42 Å². The van der Waals surface area contributed by atoms with Crippen LogP contribution in [0.25, 0.3) is 6.08 Å². The van der Waals surface area contributed by atoms with Crippen molar-refractivity contribution in [2.24, 2.45) is 0 Å². The Hall–Kier alpha value is -3.16. The van der Waals surface area contributed by atoms with Crippen LogP contribution in [0.1, 0.15) is 5.56 Å². The second-order valence-corrected chi connectivity index (χ2v) is 8.35. The molecule has 3 rings (SSSR count). The number of pyridine rings is 1. The van der Waals surface area contributed by atoms with E-state index in [1.54, 1.807) is 24.5 Å². The zero-order valence-corrected chi connectivity index (χ0v) is 16.9. The molecule has 1 heterocycles. The van der Waals surface area contributed by atoms with Gasteiger partial charge in [-0.2, -0.15) is 0 Å². The Labute approximate surface area is 173 Å². The molecule has 0 bridgehead atoms. The van der Waals surface area contributed by atoms with Crippen molar-refractivity contribution < 1.29 is 17.9 Å². The highest BCUT2D eigenvalue weighted by Crippen LogP contribution is 2.28. The third kappa shape index (κ3) is 5.22. The van der Waals surface area contributed by atoms with E-state index < -0.39 is 9.84 Å². The monoisotopic (exact) mass is 428 g/mol. The number of ether oxygens (including phenoxy) is 1. The summed E-state index contributed by atoms with van der Waals surface area (Å²) < 4.78 is 30.7. The van der Waals surface area contributed by atoms with Crippen LogP contribution >= 0.6 is 11.6 Å². The summed E-state index contributed by atoms with van der Waals surface area (Å²) in [5.74, 6) is 0.00407. The SMILES string of the molecule is COc1cc(Cl)cc(S(=O)(=O)c2ccc(NC(=O)/C=C/c3cccnc3)cc2)c1. The third-order valence-corrected chi connectivity index (χ3v) is 5.90. The Morgan fingerprint density at radius 1 is 1.10 bits per heavy atom. The van der Waals surface area contributed by atoms with Gasteiger partial charge in [-0.15, -0.1) is 0 Å². The number of nitrogens with zero attached hydrogens (tertiary/aromatic N) is 1. The summed E-state index contributed by atoms with van der Waals surface area (Å²) >= 11 is 5.98. The first-order valence-corrected chi connectivity index (χ1v) is 10.3. The number of aromatic nitrogens is 1. The molecule has 0 aliphatic carbocycles. The van der Waals surface area contributed by atoms with Crippen LogP contribution in [0.15, 0.2) is 82.9 Å². The molecule has 1 aromatic heterocycles. The van der Waals surface area contributed by atoms with Crippen LogP contribution in [0.3, 0.4) is 0 Å². The van der Waals surface area contributed by atoms with Crippen LogP contribution in [-0.4, -0.2) is 26.4 Å². The van der Waals surface area contributed by atoms with E-state index in [0.29, 0.717) is 11.4 Å². The lowest BCUT2D eigenvalue weighted by molar-refractivity contribution is -0.111. The molecule has 2 aromatic carbocycles. The molecule has 1 N–H and O–H groups in total. The molecule has 1 amide bonds. The first kappa shape index (κ1) is 20.6. The van der Waals surface area contributed by atoms with E-state index in [2.05, 4.69) is 10.3 Å². The maximum atomic E-state index is 12.8. The zero-order valence-electron chi connectivity index (χ0n) is 15.4. The summed E-state index contributed by atoms with van der Waals surface area (Å²) in [6.45, 7) is 0. The number of benzene rings is 2. The van der Waals surface area contributed by atoms with Gasteiger partial charge in [0.1, 0.15) is 5.75 Å². The van der Waals surface area contributed by atoms with Crippen LogP contribution in [0, 0.1) is 0 Å². The van der Waals surface area contributed by atoms with Crippen molar-refractivity contribution in [3.8, 4) is 5.75 Å². The van der Waals surface area contributed by atoms with Crippen molar-refractivity contribution >= 4 is 39.1 Å². The van der Waals surface area contributed by atoms with E-state index in [1.807, 2.05) is 6.07 Å². The Kier molecular flexibility index (Phi) is 6.31. The first-order chi connectivity index (χ1) is 13.9. The molecule has 0 atom stereocenters. The zero-order chi connectivity index (χ0) is 20.9. The van der Waals surface area contributed by atoms with Crippen molar-refractivity contribution in [2.45, 2.75) is 9.79 Å². The molecular formula is C21H17ClN2O4S. The topological polar surface area (TPSA) is 85.4 Å². The number of rotatable bonds is 6. The summed E-state index contributed by atoms with van der Waals surface area (Å²) in [5, 5.41) is 2.93. The Morgan fingerprint density at radius 3 is 2.52 bits per heavy atom. The fourth-order valence-corrected chi connectivity index (χ4v) is 4.10. The normalized spacial score (nSPS) is 11.4. The summed E-state index contributed by atoms with van der Waals surface area (Å²) in [6, 6.07) is 13.8. The average Bonchev–Trinajstić information content (AvgIpc) is 2.73. The maximum Gasteiger partial charge on any atom is 0.248 e. The van der Waals surface area contributed by atoms with E-state index in [9.17, 15) is 13.2 Å². The quantitative estimate of drug-likeness (QED) is 0.594. The van der Waals surface area contributed by atoms with Gasteiger partial charge in [0.05, 0.1) is 16.9 Å². The third-order valence-electron chi connectivity index (χ3n) is 3.93. The van der Waals surface area contributed by atoms with Gasteiger partial charge < -0.3 is 10.1 Å². The van der Waals surface area contributed by atoms with Gasteiger partial charge >= 0.3 is 0 Å². The van der Waals surface area contributed by atoms with E-state index in [-0.39, 0.29) is 20.7 Å². The molecule has 29 heavy (non-hydrogen) atoms. The summed E-state index contributed by atoms with van der Waals surface area (Å²) in [6.07, 6.45) is 6.29.